The molecule has 3 aromatic rings. The van der Waals surface area contributed by atoms with Gasteiger partial charge in [-0.3, -0.25) is 10.3 Å². The van der Waals surface area contributed by atoms with Crippen LogP contribution in [0.15, 0.2) is 78.9 Å². The van der Waals surface area contributed by atoms with Gasteiger partial charge in [0.15, 0.2) is 0 Å². The molecular formula is C21H21N3. The van der Waals surface area contributed by atoms with Gasteiger partial charge in [0.2, 0.25) is 5.96 Å². The SMILES string of the molecule is Cc1ccccc1NC(=N)N(c1ccccc1)c1ccccc1C. The van der Waals surface area contributed by atoms with Crippen molar-refractivity contribution in [2.24, 2.45) is 0 Å². The second kappa shape index (κ2) is 7.01. The lowest BCUT2D eigenvalue weighted by atomic mass is 10.1. The van der Waals surface area contributed by atoms with E-state index >= 15 is 0 Å². The molecule has 120 valence electrons. The fraction of sp³-hybridized carbons (Fsp3) is 0.0952. The van der Waals surface area contributed by atoms with E-state index in [2.05, 4.69) is 18.3 Å². The molecule has 0 radical (unpaired) electrons. The Morgan fingerprint density at radius 3 is 2.00 bits per heavy atom. The predicted molar refractivity (Wildman–Crippen MR) is 102 cm³/mol. The van der Waals surface area contributed by atoms with E-state index in [1.165, 1.54) is 0 Å². The minimum Gasteiger partial charge on any atom is -0.326 e. The fourth-order valence-corrected chi connectivity index (χ4v) is 2.68. The lowest BCUT2D eigenvalue weighted by molar-refractivity contribution is 1.24. The number of nitrogens with one attached hydrogen (secondary N) is 2. The number of anilines is 3. The van der Waals surface area contributed by atoms with Crippen LogP contribution in [0.4, 0.5) is 17.1 Å². The zero-order chi connectivity index (χ0) is 16.9. The first kappa shape index (κ1) is 15.8. The highest BCUT2D eigenvalue weighted by molar-refractivity contribution is 6.09. The maximum Gasteiger partial charge on any atom is 0.204 e. The summed E-state index contributed by atoms with van der Waals surface area (Å²) in [6.45, 7) is 4.10. The summed E-state index contributed by atoms with van der Waals surface area (Å²) in [6, 6.07) is 26.1. The van der Waals surface area contributed by atoms with Crippen LogP contribution in [-0.2, 0) is 0 Å². The normalized spacial score (nSPS) is 10.2. The predicted octanol–water partition coefficient (Wildman–Crippen LogP) is 5.49. The lowest BCUT2D eigenvalue weighted by Crippen LogP contribution is -2.32. The molecular weight excluding hydrogens is 294 g/mol. The van der Waals surface area contributed by atoms with Crippen molar-refractivity contribution in [1.82, 2.24) is 0 Å². The van der Waals surface area contributed by atoms with Crippen molar-refractivity contribution in [3.05, 3.63) is 90.0 Å². The second-order valence-electron chi connectivity index (χ2n) is 5.75. The van der Waals surface area contributed by atoms with Crippen LogP contribution >= 0.6 is 0 Å². The first-order chi connectivity index (χ1) is 11.7. The van der Waals surface area contributed by atoms with Gasteiger partial charge in [-0.2, -0.15) is 0 Å². The molecule has 0 aliphatic rings. The van der Waals surface area contributed by atoms with Crippen molar-refractivity contribution < 1.29 is 0 Å². The molecule has 2 N–H and O–H groups in total. The summed E-state index contributed by atoms with van der Waals surface area (Å²) in [5.41, 5.74) is 5.13. The summed E-state index contributed by atoms with van der Waals surface area (Å²) < 4.78 is 0. The van der Waals surface area contributed by atoms with Crippen LogP contribution in [0.5, 0.6) is 0 Å². The summed E-state index contributed by atoms with van der Waals surface area (Å²) >= 11 is 0. The standard InChI is InChI=1S/C21H21N3/c1-16-10-6-8-14-19(16)23-21(22)24(18-12-4-3-5-13-18)20-15-9-7-11-17(20)2/h3-15H,1-2H3,(H2,22,23). The third-order valence-electron chi connectivity index (χ3n) is 3.99. The number of rotatable bonds is 3. The fourth-order valence-electron chi connectivity index (χ4n) is 2.68. The maximum absolute atomic E-state index is 8.67. The van der Waals surface area contributed by atoms with Crippen molar-refractivity contribution in [2.75, 3.05) is 10.2 Å². The Morgan fingerprint density at radius 2 is 1.33 bits per heavy atom. The third kappa shape index (κ3) is 3.30. The molecule has 0 saturated heterocycles. The Kier molecular flexibility index (Phi) is 4.62. The highest BCUT2D eigenvalue weighted by Crippen LogP contribution is 2.29. The molecule has 24 heavy (non-hydrogen) atoms. The van der Waals surface area contributed by atoms with Gasteiger partial charge in [-0.25, -0.2) is 0 Å². The summed E-state index contributed by atoms with van der Waals surface area (Å²) in [5.74, 6) is 0.324. The van der Waals surface area contributed by atoms with Crippen molar-refractivity contribution in [3.63, 3.8) is 0 Å². The van der Waals surface area contributed by atoms with Crippen molar-refractivity contribution in [2.45, 2.75) is 13.8 Å². The molecule has 0 spiro atoms. The van der Waals surface area contributed by atoms with Crippen LogP contribution in [0.3, 0.4) is 0 Å². The summed E-state index contributed by atoms with van der Waals surface area (Å²) in [4.78, 5) is 1.93. The minimum absolute atomic E-state index is 0.324. The summed E-state index contributed by atoms with van der Waals surface area (Å²) in [6.07, 6.45) is 0. The average molecular weight is 315 g/mol. The van der Waals surface area contributed by atoms with Crippen LogP contribution in [0.1, 0.15) is 11.1 Å². The molecule has 0 aliphatic heterocycles. The molecule has 3 heteroatoms. The van der Waals surface area contributed by atoms with E-state index in [0.29, 0.717) is 5.96 Å². The molecule has 0 aromatic heterocycles. The molecule has 0 aliphatic carbocycles. The van der Waals surface area contributed by atoms with Crippen LogP contribution < -0.4 is 10.2 Å². The van der Waals surface area contributed by atoms with Gasteiger partial charge in [-0.05, 0) is 49.2 Å². The average Bonchev–Trinajstić information content (AvgIpc) is 2.60. The Bertz CT molecular complexity index is 840. The summed E-state index contributed by atoms with van der Waals surface area (Å²) in [5, 5.41) is 11.9. The van der Waals surface area contributed by atoms with Crippen molar-refractivity contribution in [1.29, 1.82) is 5.41 Å². The molecule has 0 fully saturated rings. The van der Waals surface area contributed by atoms with Gasteiger partial charge in [-0.1, -0.05) is 54.6 Å². The van der Waals surface area contributed by atoms with Gasteiger partial charge in [0.1, 0.15) is 0 Å². The summed E-state index contributed by atoms with van der Waals surface area (Å²) in [7, 11) is 0. The minimum atomic E-state index is 0.324. The first-order valence-corrected chi connectivity index (χ1v) is 7.99. The van der Waals surface area contributed by atoms with Crippen LogP contribution in [0.2, 0.25) is 0 Å². The monoisotopic (exact) mass is 315 g/mol. The smallest absolute Gasteiger partial charge is 0.204 e. The number of hydrogen-bond donors (Lipinski definition) is 2. The first-order valence-electron chi connectivity index (χ1n) is 7.99. The number of guanidine groups is 1. The van der Waals surface area contributed by atoms with Crippen LogP contribution in [0.25, 0.3) is 0 Å². The zero-order valence-corrected chi connectivity index (χ0v) is 14.0. The topological polar surface area (TPSA) is 39.1 Å². The van der Waals surface area contributed by atoms with Gasteiger partial charge in [0.25, 0.3) is 0 Å². The number of hydrogen-bond acceptors (Lipinski definition) is 1. The Hall–Kier alpha value is -3.07. The highest BCUT2D eigenvalue weighted by atomic mass is 15.3. The molecule has 0 bridgehead atoms. The molecule has 0 atom stereocenters. The molecule has 0 unspecified atom stereocenters. The van der Waals surface area contributed by atoms with E-state index in [1.807, 2.05) is 84.6 Å². The number of benzene rings is 3. The van der Waals surface area contributed by atoms with E-state index in [-0.39, 0.29) is 0 Å². The third-order valence-corrected chi connectivity index (χ3v) is 3.99. The molecule has 0 heterocycles. The lowest BCUT2D eigenvalue weighted by Gasteiger charge is -2.27. The van der Waals surface area contributed by atoms with Crippen LogP contribution in [0, 0.1) is 19.3 Å². The van der Waals surface area contributed by atoms with E-state index < -0.39 is 0 Å². The second-order valence-corrected chi connectivity index (χ2v) is 5.75. The van der Waals surface area contributed by atoms with E-state index in [0.717, 1.165) is 28.2 Å². The highest BCUT2D eigenvalue weighted by Gasteiger charge is 2.17. The van der Waals surface area contributed by atoms with Gasteiger partial charge in [0, 0.05) is 11.4 Å². The van der Waals surface area contributed by atoms with Gasteiger partial charge in [0.05, 0.1) is 5.69 Å². The van der Waals surface area contributed by atoms with Crippen LogP contribution in [-0.4, -0.2) is 5.96 Å². The Morgan fingerprint density at radius 1 is 0.750 bits per heavy atom. The Labute approximate surface area is 143 Å². The van der Waals surface area contributed by atoms with Gasteiger partial charge in [-0.15, -0.1) is 0 Å². The number of aryl methyl sites for hydroxylation is 2. The van der Waals surface area contributed by atoms with Crippen molar-refractivity contribution in [3.8, 4) is 0 Å². The maximum atomic E-state index is 8.67. The van der Waals surface area contributed by atoms with Crippen molar-refractivity contribution >= 4 is 23.0 Å². The number of nitrogens with zero attached hydrogens (tertiary/aromatic N) is 1. The molecule has 0 amide bonds. The Balaban J connectivity index is 2.01. The molecule has 3 aromatic carbocycles. The number of para-hydroxylation sites is 3. The largest absolute Gasteiger partial charge is 0.326 e. The van der Waals surface area contributed by atoms with Gasteiger partial charge >= 0.3 is 0 Å². The molecule has 0 saturated carbocycles. The van der Waals surface area contributed by atoms with Gasteiger partial charge < -0.3 is 5.32 Å². The zero-order valence-electron chi connectivity index (χ0n) is 14.0. The van der Waals surface area contributed by atoms with E-state index in [1.54, 1.807) is 0 Å². The quantitative estimate of drug-likeness (QED) is 0.495. The molecule has 3 rings (SSSR count). The molecule has 3 nitrogen and oxygen atoms in total. The van der Waals surface area contributed by atoms with E-state index in [9.17, 15) is 0 Å². The van der Waals surface area contributed by atoms with E-state index in [4.69, 9.17) is 5.41 Å².